The van der Waals surface area contributed by atoms with Gasteiger partial charge in [-0.2, -0.15) is 0 Å². The molecule has 0 N–H and O–H groups in total. The molecule has 1 saturated heterocycles. The normalized spacial score (nSPS) is 21.3. The lowest BCUT2D eigenvalue weighted by Crippen LogP contribution is -2.48. The fraction of sp³-hybridized carbons (Fsp3) is 0.600. The minimum absolute atomic E-state index is 0.0120. The van der Waals surface area contributed by atoms with Crippen LogP contribution in [0.15, 0.2) is 23.9 Å². The molecule has 7 heteroatoms. The van der Waals surface area contributed by atoms with Gasteiger partial charge in [0, 0.05) is 32.2 Å². The van der Waals surface area contributed by atoms with Crippen LogP contribution in [0.25, 0.3) is 5.57 Å². The van der Waals surface area contributed by atoms with Crippen LogP contribution in [-0.4, -0.2) is 79.5 Å². The van der Waals surface area contributed by atoms with E-state index < -0.39 is 0 Å². The molecule has 0 unspecified atom stereocenters. The summed E-state index contributed by atoms with van der Waals surface area (Å²) in [6.07, 6.45) is 6.28. The number of carbonyl (C=O) groups is 2. The zero-order chi connectivity index (χ0) is 22.7. The molecule has 2 fully saturated rings. The predicted octanol–water partition coefficient (Wildman–Crippen LogP) is 3.14. The zero-order valence-corrected chi connectivity index (χ0v) is 19.6. The van der Waals surface area contributed by atoms with E-state index in [4.69, 9.17) is 9.47 Å². The van der Waals surface area contributed by atoms with E-state index in [9.17, 15) is 9.59 Å². The van der Waals surface area contributed by atoms with Crippen LogP contribution in [0, 0.1) is 0 Å². The smallest absolute Gasteiger partial charge is 0.278 e. The van der Waals surface area contributed by atoms with Crippen LogP contribution in [0.1, 0.15) is 51.0 Å². The number of methoxy groups -OCH3 is 2. The number of imide groups is 1. The van der Waals surface area contributed by atoms with E-state index in [1.165, 1.54) is 12.8 Å². The minimum atomic E-state index is -0.165. The van der Waals surface area contributed by atoms with Crippen LogP contribution in [0.3, 0.4) is 0 Å². The Labute approximate surface area is 190 Å². The quantitative estimate of drug-likeness (QED) is 0.499. The topological polar surface area (TPSA) is 62.3 Å². The van der Waals surface area contributed by atoms with Gasteiger partial charge in [-0.15, -0.1) is 0 Å². The van der Waals surface area contributed by atoms with Crippen LogP contribution in [-0.2, 0) is 9.59 Å². The predicted molar refractivity (Wildman–Crippen MR) is 123 cm³/mol. The Kier molecular flexibility index (Phi) is 7.04. The number of piperazine rings is 1. The van der Waals surface area contributed by atoms with Gasteiger partial charge >= 0.3 is 0 Å². The van der Waals surface area contributed by atoms with E-state index in [1.807, 2.05) is 12.1 Å². The van der Waals surface area contributed by atoms with Crippen molar-refractivity contribution in [2.45, 2.75) is 51.5 Å². The number of ether oxygens (including phenoxy) is 2. The molecule has 0 radical (unpaired) electrons. The third-order valence-corrected chi connectivity index (χ3v) is 7.09. The molecule has 4 rings (SSSR count). The van der Waals surface area contributed by atoms with Crippen LogP contribution in [0.5, 0.6) is 11.5 Å². The van der Waals surface area contributed by atoms with Gasteiger partial charge in [0.15, 0.2) is 11.5 Å². The van der Waals surface area contributed by atoms with Crippen LogP contribution >= 0.6 is 0 Å². The van der Waals surface area contributed by atoms with Gasteiger partial charge in [0.25, 0.3) is 11.8 Å². The minimum Gasteiger partial charge on any atom is -0.493 e. The fourth-order valence-corrected chi connectivity index (χ4v) is 5.22. The molecule has 2 amide bonds. The summed E-state index contributed by atoms with van der Waals surface area (Å²) in [7, 11) is 3.17. The van der Waals surface area contributed by atoms with Crippen molar-refractivity contribution in [1.82, 2.24) is 14.7 Å². The molecule has 174 valence electrons. The summed E-state index contributed by atoms with van der Waals surface area (Å²) >= 11 is 0. The van der Waals surface area contributed by atoms with E-state index >= 15 is 0 Å². The molecule has 1 aliphatic carbocycles. The lowest BCUT2D eigenvalue weighted by molar-refractivity contribution is -0.140. The maximum atomic E-state index is 13.8. The number of hydrogen-bond acceptors (Lipinski definition) is 6. The molecule has 0 bridgehead atoms. The zero-order valence-electron chi connectivity index (χ0n) is 19.6. The number of carbonyl (C=O) groups excluding carboxylic acids is 2. The third-order valence-electron chi connectivity index (χ3n) is 7.09. The summed E-state index contributed by atoms with van der Waals surface area (Å²) in [6, 6.07) is 5.47. The summed E-state index contributed by atoms with van der Waals surface area (Å²) in [5, 5.41) is 0. The molecule has 0 aromatic heterocycles. The molecule has 2 heterocycles. The summed E-state index contributed by atoms with van der Waals surface area (Å²) < 4.78 is 10.9. The van der Waals surface area contributed by atoms with E-state index in [2.05, 4.69) is 16.7 Å². The second-order valence-corrected chi connectivity index (χ2v) is 8.84. The van der Waals surface area contributed by atoms with Gasteiger partial charge in [-0.05, 0) is 37.1 Å². The first-order chi connectivity index (χ1) is 15.6. The van der Waals surface area contributed by atoms with Gasteiger partial charge in [0.05, 0.1) is 19.8 Å². The second kappa shape index (κ2) is 9.94. The number of hydrogen-bond donors (Lipinski definition) is 0. The molecular formula is C25H35N3O4. The van der Waals surface area contributed by atoms with E-state index in [-0.39, 0.29) is 17.9 Å². The van der Waals surface area contributed by atoms with Crippen molar-refractivity contribution in [2.24, 2.45) is 0 Å². The molecule has 1 aromatic rings. The van der Waals surface area contributed by atoms with Crippen LogP contribution in [0.4, 0.5) is 0 Å². The first-order valence-electron chi connectivity index (χ1n) is 11.9. The van der Waals surface area contributed by atoms with Crippen molar-refractivity contribution in [3.63, 3.8) is 0 Å². The molecule has 2 aliphatic heterocycles. The average Bonchev–Trinajstić information content (AvgIpc) is 2.98. The van der Waals surface area contributed by atoms with E-state index in [0.29, 0.717) is 28.3 Å². The summed E-state index contributed by atoms with van der Waals surface area (Å²) in [6.45, 7) is 6.43. The van der Waals surface area contributed by atoms with Crippen molar-refractivity contribution < 1.29 is 19.1 Å². The highest BCUT2D eigenvalue weighted by Gasteiger charge is 2.45. The van der Waals surface area contributed by atoms with Crippen LogP contribution in [0.2, 0.25) is 0 Å². The van der Waals surface area contributed by atoms with Gasteiger partial charge in [-0.3, -0.25) is 14.5 Å². The molecule has 0 spiro atoms. The van der Waals surface area contributed by atoms with Crippen molar-refractivity contribution in [1.29, 1.82) is 0 Å². The van der Waals surface area contributed by atoms with E-state index in [1.54, 1.807) is 25.2 Å². The van der Waals surface area contributed by atoms with Gasteiger partial charge in [0.2, 0.25) is 0 Å². The Morgan fingerprint density at radius 1 is 0.875 bits per heavy atom. The lowest BCUT2D eigenvalue weighted by atomic mass is 10.0. The second-order valence-electron chi connectivity index (χ2n) is 8.84. The third kappa shape index (κ3) is 4.22. The van der Waals surface area contributed by atoms with Crippen LogP contribution < -0.4 is 9.47 Å². The number of benzene rings is 1. The molecule has 32 heavy (non-hydrogen) atoms. The van der Waals surface area contributed by atoms with Crippen molar-refractivity contribution in [3.05, 3.63) is 29.5 Å². The monoisotopic (exact) mass is 441 g/mol. The molecule has 3 aliphatic rings. The van der Waals surface area contributed by atoms with Gasteiger partial charge in [0.1, 0.15) is 5.70 Å². The highest BCUT2D eigenvalue weighted by Crippen LogP contribution is 2.39. The number of rotatable bonds is 6. The van der Waals surface area contributed by atoms with Gasteiger partial charge in [-0.25, -0.2) is 0 Å². The maximum absolute atomic E-state index is 13.8. The molecule has 7 nitrogen and oxygen atoms in total. The summed E-state index contributed by atoms with van der Waals surface area (Å²) in [5.74, 6) is 0.867. The van der Waals surface area contributed by atoms with Crippen molar-refractivity contribution in [3.8, 4) is 11.5 Å². The van der Waals surface area contributed by atoms with Crippen molar-refractivity contribution >= 4 is 17.4 Å². The molecule has 0 atom stereocenters. The molecule has 1 saturated carbocycles. The SMILES string of the molecule is CCN1CCN(C2=C(c3ccc(OC)c(OC)c3)C(=O)N(C3CCCCCC3)C2=O)CC1. The first kappa shape index (κ1) is 22.6. The Morgan fingerprint density at radius 2 is 1.53 bits per heavy atom. The maximum Gasteiger partial charge on any atom is 0.278 e. The Morgan fingerprint density at radius 3 is 2.12 bits per heavy atom. The Hall–Kier alpha value is -2.54. The van der Waals surface area contributed by atoms with E-state index in [0.717, 1.165) is 58.4 Å². The highest BCUT2D eigenvalue weighted by atomic mass is 16.5. The van der Waals surface area contributed by atoms with Gasteiger partial charge in [-0.1, -0.05) is 38.7 Å². The standard InChI is InChI=1S/C25H35N3O4/c1-4-26-13-15-27(16-14-26)23-22(18-11-12-20(31-2)21(17-18)32-3)24(29)28(25(23)30)19-9-7-5-6-8-10-19/h11-12,17,19H,4-10,13-16H2,1-3H3. The first-order valence-corrected chi connectivity index (χ1v) is 11.9. The fourth-order valence-electron chi connectivity index (χ4n) is 5.22. The van der Waals surface area contributed by atoms with Gasteiger partial charge < -0.3 is 19.3 Å². The summed E-state index contributed by atoms with van der Waals surface area (Å²) in [5.41, 5.74) is 1.78. The average molecular weight is 442 g/mol. The highest BCUT2D eigenvalue weighted by molar-refractivity contribution is 6.35. The Balaban J connectivity index is 1.74. The summed E-state index contributed by atoms with van der Waals surface area (Å²) in [4.78, 5) is 33.6. The Bertz CT molecular complexity index is 881. The number of likely N-dealkylation sites (N-methyl/N-ethyl adjacent to an activating group) is 1. The van der Waals surface area contributed by atoms with Crippen molar-refractivity contribution in [2.75, 3.05) is 46.9 Å². The molecular weight excluding hydrogens is 406 g/mol. The number of amides is 2. The largest absolute Gasteiger partial charge is 0.493 e. The number of nitrogens with zero attached hydrogens (tertiary/aromatic N) is 3. The lowest BCUT2D eigenvalue weighted by Gasteiger charge is -2.36. The molecule has 1 aromatic carbocycles.